The van der Waals surface area contributed by atoms with Crippen molar-refractivity contribution in [2.75, 3.05) is 0 Å². The summed E-state index contributed by atoms with van der Waals surface area (Å²) in [5.74, 6) is -2.87. The number of rotatable bonds is 15. The zero-order chi connectivity index (χ0) is 17.5. The minimum atomic E-state index is -1.32. The molecule has 0 bridgehead atoms. The van der Waals surface area contributed by atoms with Gasteiger partial charge in [0, 0.05) is 12.4 Å². The molecule has 0 rings (SSSR count). The van der Waals surface area contributed by atoms with E-state index in [1.807, 2.05) is 0 Å². The Labute approximate surface area is 197 Å². The predicted octanol–water partition coefficient (Wildman–Crippen LogP) is -3.87. The summed E-state index contributed by atoms with van der Waals surface area (Å²) in [5, 5.41) is 21.7. The van der Waals surface area contributed by atoms with E-state index in [9.17, 15) is 19.5 Å². The van der Waals surface area contributed by atoms with Crippen LogP contribution in [0.2, 0.25) is 0 Å². The van der Waals surface area contributed by atoms with Crippen LogP contribution in [0, 0.1) is 0 Å². The molecular formula is C17H31NNa2O5. The van der Waals surface area contributed by atoms with E-state index in [1.165, 1.54) is 38.5 Å². The normalized spacial score (nSPS) is 10.9. The number of amides is 1. The topological polar surface area (TPSA) is 107 Å². The Morgan fingerprint density at radius 3 is 1.84 bits per heavy atom. The molecule has 0 heterocycles. The Kier molecular flexibility index (Phi) is 25.0. The maximum absolute atomic E-state index is 11.7. The van der Waals surface area contributed by atoms with Crippen LogP contribution in [0.4, 0.5) is 0 Å². The molecule has 0 aromatic heterocycles. The zero-order valence-electron chi connectivity index (χ0n) is 17.1. The third-order valence-electron chi connectivity index (χ3n) is 3.78. The van der Waals surface area contributed by atoms with Crippen molar-refractivity contribution in [1.29, 1.82) is 0 Å². The van der Waals surface area contributed by atoms with Crippen LogP contribution in [-0.4, -0.2) is 29.0 Å². The van der Waals surface area contributed by atoms with Gasteiger partial charge in [0.25, 0.3) is 0 Å². The van der Waals surface area contributed by atoms with E-state index in [-0.39, 0.29) is 85.7 Å². The molecule has 1 amide bonds. The molecule has 0 spiro atoms. The summed E-state index contributed by atoms with van der Waals surface area (Å²) in [7, 11) is 0. The van der Waals surface area contributed by atoms with Crippen molar-refractivity contribution in [2.24, 2.45) is 0 Å². The van der Waals surface area contributed by atoms with Gasteiger partial charge in [-0.15, -0.1) is 0 Å². The Bertz CT molecular complexity index is 373. The average molecular weight is 375 g/mol. The maximum atomic E-state index is 11.7. The summed E-state index contributed by atoms with van der Waals surface area (Å²) in [6, 6.07) is -1.15. The van der Waals surface area contributed by atoms with Gasteiger partial charge >= 0.3 is 65.1 Å². The summed E-state index contributed by atoms with van der Waals surface area (Å²) >= 11 is 0. The van der Waals surface area contributed by atoms with E-state index < -0.39 is 18.0 Å². The van der Waals surface area contributed by atoms with E-state index in [4.69, 9.17) is 5.11 Å². The summed E-state index contributed by atoms with van der Waals surface area (Å²) < 4.78 is 0. The van der Waals surface area contributed by atoms with Gasteiger partial charge in [-0.1, -0.05) is 58.3 Å². The smallest absolute Gasteiger partial charge is 1.00 e. The molecule has 0 saturated heterocycles. The molecule has 0 aliphatic carbocycles. The Morgan fingerprint density at radius 1 is 0.920 bits per heavy atom. The van der Waals surface area contributed by atoms with Gasteiger partial charge in [0.1, 0.15) is 6.04 Å². The number of hydrogen-bond donors (Lipinski definition) is 2. The summed E-state index contributed by atoms with van der Waals surface area (Å²) in [4.78, 5) is 33.0. The first-order valence-corrected chi connectivity index (χ1v) is 8.69. The van der Waals surface area contributed by atoms with Crippen LogP contribution >= 0.6 is 0 Å². The fourth-order valence-corrected chi connectivity index (χ4v) is 2.38. The van der Waals surface area contributed by atoms with Crippen LogP contribution < -0.4 is 69.5 Å². The van der Waals surface area contributed by atoms with Crippen LogP contribution in [0.1, 0.15) is 85.4 Å². The number of aliphatic carboxylic acids is 2. The fraction of sp³-hybridized carbons (Fsp3) is 0.824. The Balaban J connectivity index is -0.000000807. The second-order valence-corrected chi connectivity index (χ2v) is 5.95. The summed E-state index contributed by atoms with van der Waals surface area (Å²) in [5.41, 5.74) is 0. The van der Waals surface area contributed by atoms with Gasteiger partial charge in [-0.3, -0.25) is 4.79 Å². The van der Waals surface area contributed by atoms with Crippen molar-refractivity contribution >= 4 is 17.8 Å². The Morgan fingerprint density at radius 2 is 1.40 bits per heavy atom. The maximum Gasteiger partial charge on any atom is 1.00 e. The molecule has 0 saturated carbocycles. The predicted molar refractivity (Wildman–Crippen MR) is 86.8 cm³/mol. The summed E-state index contributed by atoms with van der Waals surface area (Å²) in [6.45, 7) is 2.19. The molecule has 8 heteroatoms. The molecule has 1 atom stereocenters. The largest absolute Gasteiger partial charge is 1.00 e. The SMILES string of the molecule is CCCCCCCCCCCC(=O)N[C@@H](CCC(=O)[O-])C(=O)O.[H-].[Na+].[Na+]. The zero-order valence-corrected chi connectivity index (χ0v) is 20.1. The van der Waals surface area contributed by atoms with E-state index in [1.54, 1.807) is 0 Å². The number of carbonyl (C=O) groups is 3. The number of carboxylic acid groups (broad SMARTS) is 2. The van der Waals surface area contributed by atoms with Gasteiger partial charge in [-0.05, 0) is 19.3 Å². The molecule has 25 heavy (non-hydrogen) atoms. The molecule has 136 valence electrons. The van der Waals surface area contributed by atoms with Gasteiger partial charge in [-0.2, -0.15) is 0 Å². The van der Waals surface area contributed by atoms with Gasteiger partial charge in [-0.25, -0.2) is 4.79 Å². The monoisotopic (exact) mass is 375 g/mol. The number of nitrogens with one attached hydrogen (secondary N) is 1. The molecule has 0 aliphatic rings. The second kappa shape index (κ2) is 20.7. The fourth-order valence-electron chi connectivity index (χ4n) is 2.38. The first-order valence-electron chi connectivity index (χ1n) is 8.69. The van der Waals surface area contributed by atoms with Crippen molar-refractivity contribution < 1.29 is 85.1 Å². The van der Waals surface area contributed by atoms with E-state index in [0.29, 0.717) is 0 Å². The standard InChI is InChI=1S/C17H31NO5.2Na.H/c1-2-3-4-5-6-7-8-9-10-11-15(19)18-14(17(22)23)12-13-16(20)21;;;/h14H,2-13H2,1H3,(H,18,19)(H,20,21)(H,22,23);;;/q;2*+1;-1/p-1/t14-;;;/m0.../s1. The Hall–Kier alpha value is 0.410. The van der Waals surface area contributed by atoms with E-state index >= 15 is 0 Å². The third-order valence-corrected chi connectivity index (χ3v) is 3.78. The minimum absolute atomic E-state index is 0. The molecule has 0 aromatic rings. The third kappa shape index (κ3) is 20.6. The van der Waals surface area contributed by atoms with Gasteiger partial charge in [0.2, 0.25) is 5.91 Å². The van der Waals surface area contributed by atoms with Gasteiger partial charge in [0.05, 0.1) is 0 Å². The second-order valence-electron chi connectivity index (χ2n) is 5.95. The molecule has 2 N–H and O–H groups in total. The molecular weight excluding hydrogens is 344 g/mol. The molecule has 0 unspecified atom stereocenters. The minimum Gasteiger partial charge on any atom is -1.00 e. The van der Waals surface area contributed by atoms with Gasteiger partial charge < -0.3 is 21.8 Å². The molecule has 0 radical (unpaired) electrons. The molecule has 0 aliphatic heterocycles. The van der Waals surface area contributed by atoms with Crippen LogP contribution in [0.5, 0.6) is 0 Å². The number of unbranched alkanes of at least 4 members (excludes halogenated alkanes) is 8. The van der Waals surface area contributed by atoms with Crippen molar-refractivity contribution in [3.63, 3.8) is 0 Å². The van der Waals surface area contributed by atoms with E-state index in [2.05, 4.69) is 12.2 Å². The van der Waals surface area contributed by atoms with Crippen LogP contribution in [-0.2, 0) is 14.4 Å². The number of hydrogen-bond acceptors (Lipinski definition) is 4. The van der Waals surface area contributed by atoms with Crippen LogP contribution in [0.25, 0.3) is 0 Å². The van der Waals surface area contributed by atoms with Crippen LogP contribution in [0.3, 0.4) is 0 Å². The van der Waals surface area contributed by atoms with Crippen LogP contribution in [0.15, 0.2) is 0 Å². The van der Waals surface area contributed by atoms with Crippen molar-refractivity contribution in [2.45, 2.75) is 90.0 Å². The molecule has 0 fully saturated rings. The number of carboxylic acids is 2. The van der Waals surface area contributed by atoms with Crippen molar-refractivity contribution in [1.82, 2.24) is 5.32 Å². The van der Waals surface area contributed by atoms with E-state index in [0.717, 1.165) is 19.3 Å². The average Bonchev–Trinajstić information content (AvgIpc) is 2.49. The number of carbonyl (C=O) groups excluding carboxylic acids is 2. The molecule has 6 nitrogen and oxygen atoms in total. The first kappa shape index (κ1) is 30.1. The quantitative estimate of drug-likeness (QED) is 0.225. The van der Waals surface area contributed by atoms with Gasteiger partial charge in [0.15, 0.2) is 0 Å². The summed E-state index contributed by atoms with van der Waals surface area (Å²) in [6.07, 6.45) is 10.0. The first-order chi connectivity index (χ1) is 11.0. The van der Waals surface area contributed by atoms with Crippen molar-refractivity contribution in [3.8, 4) is 0 Å². The molecule has 0 aromatic carbocycles. The van der Waals surface area contributed by atoms with Crippen molar-refractivity contribution in [3.05, 3.63) is 0 Å².